The number of sulfone groups is 1. The van der Waals surface area contributed by atoms with Gasteiger partial charge in [-0.3, -0.25) is 0 Å². The fraction of sp³-hybridized carbons (Fsp3) is 0.440. The van der Waals surface area contributed by atoms with Crippen molar-refractivity contribution in [3.63, 3.8) is 0 Å². The van der Waals surface area contributed by atoms with E-state index in [9.17, 15) is 8.42 Å². The quantitative estimate of drug-likeness (QED) is 0.489. The molecular weight excluding hydrogens is 464 g/mol. The number of rotatable bonds is 7. The van der Waals surface area contributed by atoms with Crippen molar-refractivity contribution in [2.45, 2.75) is 50.0 Å². The van der Waals surface area contributed by atoms with Gasteiger partial charge in [-0.1, -0.05) is 13.3 Å². The molecule has 10 heteroatoms. The Labute approximate surface area is 206 Å². The maximum Gasteiger partial charge on any atom is 0.225 e. The van der Waals surface area contributed by atoms with E-state index in [0.717, 1.165) is 74.8 Å². The highest BCUT2D eigenvalue weighted by Crippen LogP contribution is 2.35. The molecule has 0 atom stereocenters. The molecule has 0 unspecified atom stereocenters. The van der Waals surface area contributed by atoms with Gasteiger partial charge in [0.25, 0.3) is 0 Å². The molecule has 5 rings (SSSR count). The lowest BCUT2D eigenvalue weighted by Crippen LogP contribution is -2.39. The number of hydrogen-bond donors (Lipinski definition) is 0. The van der Waals surface area contributed by atoms with Gasteiger partial charge in [0.2, 0.25) is 11.8 Å². The zero-order valence-electron chi connectivity index (χ0n) is 20.1. The second-order valence-corrected chi connectivity index (χ2v) is 11.1. The first kappa shape index (κ1) is 23.5. The minimum Gasteiger partial charge on any atom is -0.474 e. The van der Waals surface area contributed by atoms with Crippen molar-refractivity contribution in [3.05, 3.63) is 54.1 Å². The molecule has 1 fully saturated rings. The lowest BCUT2D eigenvalue weighted by atomic mass is 10.1. The summed E-state index contributed by atoms with van der Waals surface area (Å²) in [5.74, 6) is 2.08. The van der Waals surface area contributed by atoms with Crippen LogP contribution < -0.4 is 14.5 Å². The highest BCUT2D eigenvalue weighted by Gasteiger charge is 2.25. The minimum absolute atomic E-state index is 0.0662. The van der Waals surface area contributed by atoms with Crippen LogP contribution in [0.5, 0.6) is 5.88 Å². The minimum atomic E-state index is -3.23. The first-order valence-electron chi connectivity index (χ1n) is 12.1. The molecule has 1 aromatic carbocycles. The van der Waals surface area contributed by atoms with Crippen LogP contribution >= 0.6 is 0 Å². The molecule has 2 aliphatic heterocycles. The number of aromatic nitrogens is 4. The van der Waals surface area contributed by atoms with Gasteiger partial charge in [-0.15, -0.1) is 0 Å². The number of fused-ring (bicyclic) bond motifs is 1. The smallest absolute Gasteiger partial charge is 0.225 e. The van der Waals surface area contributed by atoms with Crippen molar-refractivity contribution in [2.75, 3.05) is 35.7 Å². The summed E-state index contributed by atoms with van der Waals surface area (Å²) in [6.07, 6.45) is 11.2. The standard InChI is InChI=1S/C25H30N6O3S/c1-3-4-18-15-26-25(27-16-18)30-10-8-20(9-11-30)34-24-14-23(28-17-29-24)31-12-7-19-13-21(35(2,32)33)5-6-22(19)31/h5-6,13-17,20H,3-4,7-12H2,1-2H3. The highest BCUT2D eigenvalue weighted by atomic mass is 32.2. The van der Waals surface area contributed by atoms with Gasteiger partial charge in [0.05, 0.1) is 4.90 Å². The Kier molecular flexibility index (Phi) is 6.55. The second kappa shape index (κ2) is 9.77. The van der Waals surface area contributed by atoms with E-state index in [2.05, 4.69) is 36.7 Å². The van der Waals surface area contributed by atoms with Crippen LogP contribution in [0.15, 0.2) is 47.9 Å². The second-order valence-electron chi connectivity index (χ2n) is 9.12. The van der Waals surface area contributed by atoms with Gasteiger partial charge in [-0.25, -0.2) is 28.4 Å². The van der Waals surface area contributed by atoms with Gasteiger partial charge in [0.1, 0.15) is 18.2 Å². The molecule has 0 bridgehead atoms. The van der Waals surface area contributed by atoms with Gasteiger partial charge in [0, 0.05) is 62.9 Å². The Bertz CT molecular complexity index is 1290. The van der Waals surface area contributed by atoms with E-state index >= 15 is 0 Å². The number of piperidine rings is 1. The molecule has 3 aromatic rings. The Morgan fingerprint density at radius 2 is 1.80 bits per heavy atom. The fourth-order valence-electron chi connectivity index (χ4n) is 4.66. The predicted octanol–water partition coefficient (Wildman–Crippen LogP) is 3.36. The van der Waals surface area contributed by atoms with Crippen molar-refractivity contribution < 1.29 is 13.2 Å². The van der Waals surface area contributed by atoms with E-state index in [1.165, 1.54) is 18.1 Å². The average Bonchev–Trinajstić information content (AvgIpc) is 3.28. The van der Waals surface area contributed by atoms with E-state index in [0.29, 0.717) is 10.8 Å². The Morgan fingerprint density at radius 3 is 2.51 bits per heavy atom. The van der Waals surface area contributed by atoms with Gasteiger partial charge in [0.15, 0.2) is 9.84 Å². The average molecular weight is 495 g/mol. The van der Waals surface area contributed by atoms with Crippen molar-refractivity contribution in [1.29, 1.82) is 0 Å². The monoisotopic (exact) mass is 494 g/mol. The molecule has 0 saturated carbocycles. The van der Waals surface area contributed by atoms with E-state index in [4.69, 9.17) is 4.74 Å². The summed E-state index contributed by atoms with van der Waals surface area (Å²) >= 11 is 0. The van der Waals surface area contributed by atoms with Crippen LogP contribution in [0.25, 0.3) is 0 Å². The van der Waals surface area contributed by atoms with E-state index in [1.54, 1.807) is 12.1 Å². The third-order valence-corrected chi connectivity index (χ3v) is 7.63. The number of nitrogens with zero attached hydrogens (tertiary/aromatic N) is 6. The van der Waals surface area contributed by atoms with Crippen molar-refractivity contribution in [3.8, 4) is 5.88 Å². The SMILES string of the molecule is CCCc1cnc(N2CCC(Oc3cc(N4CCc5cc(S(C)(=O)=O)ccc54)ncn3)CC2)nc1. The van der Waals surface area contributed by atoms with Crippen LogP contribution in [-0.4, -0.2) is 60.3 Å². The van der Waals surface area contributed by atoms with E-state index in [1.807, 2.05) is 24.5 Å². The number of anilines is 3. The van der Waals surface area contributed by atoms with Crippen LogP contribution in [0.2, 0.25) is 0 Å². The first-order valence-corrected chi connectivity index (χ1v) is 13.9. The summed E-state index contributed by atoms with van der Waals surface area (Å²) < 4.78 is 30.0. The lowest BCUT2D eigenvalue weighted by Gasteiger charge is -2.32. The van der Waals surface area contributed by atoms with Gasteiger partial charge in [-0.05, 0) is 42.2 Å². The molecule has 0 radical (unpaired) electrons. The molecule has 35 heavy (non-hydrogen) atoms. The maximum absolute atomic E-state index is 11.9. The molecule has 1 saturated heterocycles. The summed E-state index contributed by atoms with van der Waals surface area (Å²) in [7, 11) is -3.23. The molecule has 0 aliphatic carbocycles. The van der Waals surface area contributed by atoms with Gasteiger partial charge < -0.3 is 14.5 Å². The molecule has 9 nitrogen and oxygen atoms in total. The molecule has 2 aliphatic rings. The molecule has 2 aromatic heterocycles. The molecule has 0 amide bonds. The fourth-order valence-corrected chi connectivity index (χ4v) is 5.33. The van der Waals surface area contributed by atoms with Crippen molar-refractivity contribution in [2.24, 2.45) is 0 Å². The van der Waals surface area contributed by atoms with Crippen LogP contribution in [0, 0.1) is 0 Å². The Balaban J connectivity index is 1.22. The van der Waals surface area contributed by atoms with Crippen molar-refractivity contribution in [1.82, 2.24) is 19.9 Å². The van der Waals surface area contributed by atoms with Crippen LogP contribution in [0.4, 0.5) is 17.5 Å². The number of aryl methyl sites for hydroxylation is 1. The maximum atomic E-state index is 11.9. The molecule has 0 N–H and O–H groups in total. The molecular formula is C25H30N6O3S. The Hall–Kier alpha value is -3.27. The molecule has 184 valence electrons. The van der Waals surface area contributed by atoms with Crippen LogP contribution in [0.3, 0.4) is 0 Å². The third kappa shape index (κ3) is 5.22. The van der Waals surface area contributed by atoms with E-state index < -0.39 is 9.84 Å². The highest BCUT2D eigenvalue weighted by molar-refractivity contribution is 7.90. The summed E-state index contributed by atoms with van der Waals surface area (Å²) in [6, 6.07) is 7.13. The zero-order valence-corrected chi connectivity index (χ0v) is 20.9. The van der Waals surface area contributed by atoms with Gasteiger partial charge >= 0.3 is 0 Å². The van der Waals surface area contributed by atoms with Crippen molar-refractivity contribution >= 4 is 27.3 Å². The molecule has 0 spiro atoms. The topological polar surface area (TPSA) is 101 Å². The van der Waals surface area contributed by atoms with E-state index in [-0.39, 0.29) is 6.10 Å². The number of benzene rings is 1. The normalized spacial score (nSPS) is 16.4. The van der Waals surface area contributed by atoms with Crippen LogP contribution in [0.1, 0.15) is 37.3 Å². The summed E-state index contributed by atoms with van der Waals surface area (Å²) in [6.45, 7) is 4.55. The predicted molar refractivity (Wildman–Crippen MR) is 134 cm³/mol. The zero-order chi connectivity index (χ0) is 24.4. The summed E-state index contributed by atoms with van der Waals surface area (Å²) in [5, 5.41) is 0. The summed E-state index contributed by atoms with van der Waals surface area (Å²) in [4.78, 5) is 22.5. The number of ether oxygens (including phenoxy) is 1. The van der Waals surface area contributed by atoms with Crippen LogP contribution in [-0.2, 0) is 22.7 Å². The first-order chi connectivity index (χ1) is 16.9. The third-order valence-electron chi connectivity index (χ3n) is 6.52. The Morgan fingerprint density at radius 1 is 1.03 bits per heavy atom. The lowest BCUT2D eigenvalue weighted by molar-refractivity contribution is 0.163. The number of hydrogen-bond acceptors (Lipinski definition) is 9. The summed E-state index contributed by atoms with van der Waals surface area (Å²) in [5.41, 5.74) is 3.15. The largest absolute Gasteiger partial charge is 0.474 e. The van der Waals surface area contributed by atoms with Gasteiger partial charge in [-0.2, -0.15) is 0 Å². The molecule has 4 heterocycles.